The molecule has 2 rings (SSSR count). The van der Waals surface area contributed by atoms with Gasteiger partial charge in [0.05, 0.1) is 11.1 Å². The molecule has 0 atom stereocenters. The highest BCUT2D eigenvalue weighted by atomic mass is 16.5. The summed E-state index contributed by atoms with van der Waals surface area (Å²) in [5, 5.41) is 15.3. The predicted octanol–water partition coefficient (Wildman–Crippen LogP) is 0.886. The first kappa shape index (κ1) is 11.6. The number of carbonyl (C=O) groups is 2. The highest BCUT2D eigenvalue weighted by molar-refractivity contribution is 5.96. The first-order valence-electron chi connectivity index (χ1n) is 5.41. The molecular weight excluding hydrogens is 224 g/mol. The van der Waals surface area contributed by atoms with Crippen molar-refractivity contribution in [2.45, 2.75) is 26.7 Å². The van der Waals surface area contributed by atoms with E-state index in [0.29, 0.717) is 29.9 Å². The molecule has 0 aliphatic heterocycles. The number of aryl methyl sites for hydroxylation is 2. The van der Waals surface area contributed by atoms with Crippen molar-refractivity contribution in [3.8, 4) is 0 Å². The number of nitrogens with one attached hydrogen (secondary N) is 1. The van der Waals surface area contributed by atoms with E-state index >= 15 is 0 Å². The molecule has 0 unspecified atom stereocenters. The Balaban J connectivity index is 2.01. The van der Waals surface area contributed by atoms with Gasteiger partial charge >= 0.3 is 5.97 Å². The molecule has 0 saturated heterocycles. The van der Waals surface area contributed by atoms with Crippen molar-refractivity contribution in [2.75, 3.05) is 6.54 Å². The smallest absolute Gasteiger partial charge is 0.311 e. The molecule has 17 heavy (non-hydrogen) atoms. The van der Waals surface area contributed by atoms with Gasteiger partial charge in [0.2, 0.25) is 0 Å². The van der Waals surface area contributed by atoms with Crippen molar-refractivity contribution in [1.29, 1.82) is 0 Å². The molecule has 0 bridgehead atoms. The summed E-state index contributed by atoms with van der Waals surface area (Å²) in [5.74, 6) is -0.731. The fraction of sp³-hybridized carbons (Fsp3) is 0.545. The number of rotatable bonds is 4. The van der Waals surface area contributed by atoms with Crippen LogP contribution < -0.4 is 5.32 Å². The number of carbonyl (C=O) groups excluding carboxylic acids is 1. The molecule has 6 heteroatoms. The van der Waals surface area contributed by atoms with Crippen LogP contribution in [0.25, 0.3) is 0 Å². The largest absolute Gasteiger partial charge is 0.481 e. The molecule has 6 nitrogen and oxygen atoms in total. The lowest BCUT2D eigenvalue weighted by molar-refractivity contribution is -0.143. The van der Waals surface area contributed by atoms with E-state index in [1.54, 1.807) is 13.8 Å². The van der Waals surface area contributed by atoms with Crippen LogP contribution >= 0.6 is 0 Å². The fourth-order valence-electron chi connectivity index (χ4n) is 1.76. The Morgan fingerprint density at radius 2 is 2.12 bits per heavy atom. The number of nitrogens with zero attached hydrogens (tertiary/aromatic N) is 1. The Hall–Kier alpha value is -1.85. The van der Waals surface area contributed by atoms with Gasteiger partial charge in [0.1, 0.15) is 11.3 Å². The van der Waals surface area contributed by atoms with E-state index in [2.05, 4.69) is 10.5 Å². The Morgan fingerprint density at radius 1 is 1.47 bits per heavy atom. The molecule has 92 valence electrons. The van der Waals surface area contributed by atoms with E-state index in [1.807, 2.05) is 0 Å². The van der Waals surface area contributed by atoms with Gasteiger partial charge in [-0.05, 0) is 26.7 Å². The van der Waals surface area contributed by atoms with Crippen LogP contribution in [0.15, 0.2) is 4.52 Å². The second-order valence-electron chi connectivity index (χ2n) is 4.47. The van der Waals surface area contributed by atoms with E-state index in [0.717, 1.165) is 0 Å². The molecule has 1 aromatic heterocycles. The second kappa shape index (κ2) is 3.87. The van der Waals surface area contributed by atoms with Crippen LogP contribution in [-0.2, 0) is 4.79 Å². The SMILES string of the molecule is Cc1noc(C)c1C(=O)NCC1(C(=O)O)CC1. The van der Waals surface area contributed by atoms with Gasteiger partial charge in [0.25, 0.3) is 5.91 Å². The highest BCUT2D eigenvalue weighted by Crippen LogP contribution is 2.45. The maximum absolute atomic E-state index is 11.8. The summed E-state index contributed by atoms with van der Waals surface area (Å²) in [6, 6.07) is 0. The van der Waals surface area contributed by atoms with Crippen LogP contribution in [0.5, 0.6) is 0 Å². The number of hydrogen-bond acceptors (Lipinski definition) is 4. The van der Waals surface area contributed by atoms with Crippen LogP contribution in [0.3, 0.4) is 0 Å². The van der Waals surface area contributed by atoms with Gasteiger partial charge in [-0.25, -0.2) is 0 Å². The third-order valence-electron chi connectivity index (χ3n) is 3.15. The van der Waals surface area contributed by atoms with E-state index in [9.17, 15) is 9.59 Å². The van der Waals surface area contributed by atoms with Gasteiger partial charge < -0.3 is 14.9 Å². The first-order chi connectivity index (χ1) is 7.96. The lowest BCUT2D eigenvalue weighted by Crippen LogP contribution is -2.34. The van der Waals surface area contributed by atoms with Crippen molar-refractivity contribution in [2.24, 2.45) is 5.41 Å². The lowest BCUT2D eigenvalue weighted by Gasteiger charge is -2.10. The van der Waals surface area contributed by atoms with Crippen molar-refractivity contribution in [3.63, 3.8) is 0 Å². The quantitative estimate of drug-likeness (QED) is 0.812. The molecule has 1 aliphatic carbocycles. The number of carboxylic acids is 1. The number of aliphatic carboxylic acids is 1. The molecule has 1 amide bonds. The van der Waals surface area contributed by atoms with E-state index < -0.39 is 11.4 Å². The van der Waals surface area contributed by atoms with Gasteiger partial charge in [-0.2, -0.15) is 0 Å². The maximum Gasteiger partial charge on any atom is 0.311 e. The van der Waals surface area contributed by atoms with Crippen molar-refractivity contribution in [3.05, 3.63) is 17.0 Å². The molecule has 1 saturated carbocycles. The standard InChI is InChI=1S/C11H14N2O4/c1-6-8(7(2)17-13-6)9(14)12-5-11(3-4-11)10(15)16/h3-5H2,1-2H3,(H,12,14)(H,15,16). The summed E-state index contributed by atoms with van der Waals surface area (Å²) in [6.07, 6.45) is 1.23. The molecule has 1 aromatic rings. The monoisotopic (exact) mass is 238 g/mol. The normalized spacial score (nSPS) is 16.6. The summed E-state index contributed by atoms with van der Waals surface area (Å²) in [6.45, 7) is 3.49. The fourth-order valence-corrected chi connectivity index (χ4v) is 1.76. The highest BCUT2D eigenvalue weighted by Gasteiger charge is 2.50. The molecular formula is C11H14N2O4. The average molecular weight is 238 g/mol. The van der Waals surface area contributed by atoms with Gasteiger partial charge in [0.15, 0.2) is 0 Å². The van der Waals surface area contributed by atoms with Crippen molar-refractivity contribution in [1.82, 2.24) is 10.5 Å². The predicted molar refractivity (Wildman–Crippen MR) is 57.6 cm³/mol. The summed E-state index contributed by atoms with van der Waals surface area (Å²) < 4.78 is 4.88. The zero-order chi connectivity index (χ0) is 12.6. The minimum Gasteiger partial charge on any atom is -0.481 e. The zero-order valence-electron chi connectivity index (χ0n) is 9.74. The molecule has 2 N–H and O–H groups in total. The Bertz CT molecular complexity index is 454. The van der Waals surface area contributed by atoms with Gasteiger partial charge in [0, 0.05) is 6.54 Å². The number of aromatic nitrogens is 1. The van der Waals surface area contributed by atoms with Crippen LogP contribution in [-0.4, -0.2) is 28.7 Å². The number of amides is 1. The summed E-state index contributed by atoms with van der Waals surface area (Å²) in [5.41, 5.74) is 0.153. The molecule has 0 aromatic carbocycles. The topological polar surface area (TPSA) is 92.4 Å². The Labute approximate surface area is 98.0 Å². The van der Waals surface area contributed by atoms with Crippen LogP contribution in [0.1, 0.15) is 34.7 Å². The summed E-state index contributed by atoms with van der Waals surface area (Å²) in [4.78, 5) is 22.8. The molecule has 0 spiro atoms. The molecule has 1 fully saturated rings. The third kappa shape index (κ3) is 2.02. The van der Waals surface area contributed by atoms with Crippen LogP contribution in [0.4, 0.5) is 0 Å². The molecule has 1 heterocycles. The van der Waals surface area contributed by atoms with E-state index in [4.69, 9.17) is 9.63 Å². The third-order valence-corrected chi connectivity index (χ3v) is 3.15. The first-order valence-corrected chi connectivity index (χ1v) is 5.41. The van der Waals surface area contributed by atoms with Gasteiger partial charge in [-0.3, -0.25) is 9.59 Å². The van der Waals surface area contributed by atoms with Gasteiger partial charge in [-0.1, -0.05) is 5.16 Å². The zero-order valence-corrected chi connectivity index (χ0v) is 9.74. The second-order valence-corrected chi connectivity index (χ2v) is 4.47. The van der Waals surface area contributed by atoms with E-state index in [-0.39, 0.29) is 12.5 Å². The lowest BCUT2D eigenvalue weighted by atomic mass is 10.1. The van der Waals surface area contributed by atoms with Crippen LogP contribution in [0.2, 0.25) is 0 Å². The van der Waals surface area contributed by atoms with E-state index in [1.165, 1.54) is 0 Å². The minimum atomic E-state index is -0.850. The summed E-state index contributed by atoms with van der Waals surface area (Å²) in [7, 11) is 0. The van der Waals surface area contributed by atoms with Crippen molar-refractivity contribution >= 4 is 11.9 Å². The Kier molecular flexibility index (Phi) is 2.65. The van der Waals surface area contributed by atoms with Crippen LogP contribution in [0, 0.1) is 19.3 Å². The number of hydrogen-bond donors (Lipinski definition) is 2. The minimum absolute atomic E-state index is 0.158. The maximum atomic E-state index is 11.8. The molecule has 1 aliphatic rings. The number of carboxylic acid groups (broad SMARTS) is 1. The van der Waals surface area contributed by atoms with Gasteiger partial charge in [-0.15, -0.1) is 0 Å². The van der Waals surface area contributed by atoms with Crippen molar-refractivity contribution < 1.29 is 19.2 Å². The Morgan fingerprint density at radius 3 is 2.53 bits per heavy atom. The molecule has 0 radical (unpaired) electrons. The summed E-state index contributed by atoms with van der Waals surface area (Å²) >= 11 is 0. The average Bonchev–Trinajstić information content (AvgIpc) is 2.98.